The molecule has 0 aromatic heterocycles. The van der Waals surface area contributed by atoms with Crippen molar-refractivity contribution >= 4 is 12.2 Å². The molecule has 0 heterocycles. The maximum atomic E-state index is 12.3. The molecule has 124 valence electrons. The zero-order valence-corrected chi connectivity index (χ0v) is 14.1. The van der Waals surface area contributed by atoms with Gasteiger partial charge in [0.1, 0.15) is 0 Å². The van der Waals surface area contributed by atoms with Crippen LogP contribution in [0.1, 0.15) is 47.5 Å². The first-order valence-electron chi connectivity index (χ1n) is 7.90. The zero-order chi connectivity index (χ0) is 16.5. The van der Waals surface area contributed by atoms with Crippen LogP contribution < -0.4 is 5.43 Å². The molecular weight excluding hydrogens is 284 g/mol. The first-order valence-corrected chi connectivity index (χ1v) is 7.90. The van der Waals surface area contributed by atoms with Crippen LogP contribution in [0.5, 0.6) is 0 Å². The molecule has 0 spiro atoms. The Morgan fingerprint density at radius 3 is 2.36 bits per heavy atom. The normalized spacial score (nSPS) is 28.0. The van der Waals surface area contributed by atoms with Gasteiger partial charge < -0.3 is 9.47 Å². The van der Waals surface area contributed by atoms with Crippen molar-refractivity contribution in [2.75, 3.05) is 13.2 Å². The van der Waals surface area contributed by atoms with Crippen LogP contribution in [0.15, 0.2) is 11.8 Å². The molecule has 0 aromatic carbocycles. The summed E-state index contributed by atoms with van der Waals surface area (Å²) in [4.78, 5) is 24.1. The highest BCUT2D eigenvalue weighted by atomic mass is 16.6. The number of carbonyl (C=O) groups is 2. The molecule has 2 amide bonds. The molecular formula is C16H26N2O4. The second-order valence-electron chi connectivity index (χ2n) is 6.62. The molecule has 6 heteroatoms. The summed E-state index contributed by atoms with van der Waals surface area (Å²) >= 11 is 0. The summed E-state index contributed by atoms with van der Waals surface area (Å²) in [5.41, 5.74) is 3.20. The molecule has 2 bridgehead atoms. The molecule has 0 aliphatic heterocycles. The highest BCUT2D eigenvalue weighted by molar-refractivity contribution is 5.76. The fourth-order valence-corrected chi connectivity index (χ4v) is 3.63. The van der Waals surface area contributed by atoms with Crippen LogP contribution in [-0.4, -0.2) is 30.4 Å². The lowest BCUT2D eigenvalue weighted by Crippen LogP contribution is -2.50. The fraction of sp³-hybridized carbons (Fsp3) is 0.750. The van der Waals surface area contributed by atoms with Crippen molar-refractivity contribution in [3.63, 3.8) is 0 Å². The van der Waals surface area contributed by atoms with Crippen LogP contribution in [-0.2, 0) is 9.47 Å². The summed E-state index contributed by atoms with van der Waals surface area (Å²) in [5.74, 6) is 0.397. The highest BCUT2D eigenvalue weighted by Crippen LogP contribution is 2.65. The number of hydrogen-bond donors (Lipinski definition) is 1. The van der Waals surface area contributed by atoms with E-state index in [1.165, 1.54) is 5.01 Å². The molecule has 2 aliphatic rings. The Bertz CT molecular complexity index is 500. The predicted molar refractivity (Wildman–Crippen MR) is 81.7 cm³/mol. The van der Waals surface area contributed by atoms with Gasteiger partial charge in [0.25, 0.3) is 0 Å². The van der Waals surface area contributed by atoms with Crippen LogP contribution in [0.2, 0.25) is 0 Å². The molecule has 0 radical (unpaired) electrons. The molecule has 1 fully saturated rings. The Morgan fingerprint density at radius 1 is 1.27 bits per heavy atom. The van der Waals surface area contributed by atoms with Gasteiger partial charge in [0, 0.05) is 11.1 Å². The van der Waals surface area contributed by atoms with E-state index in [1.54, 1.807) is 13.8 Å². The van der Waals surface area contributed by atoms with Gasteiger partial charge >= 0.3 is 12.2 Å². The lowest BCUT2D eigenvalue weighted by atomic mass is 9.69. The lowest BCUT2D eigenvalue weighted by molar-refractivity contribution is 0.0651. The summed E-state index contributed by atoms with van der Waals surface area (Å²) in [6, 6.07) is 0. The minimum absolute atomic E-state index is 0.0451. The van der Waals surface area contributed by atoms with E-state index >= 15 is 0 Å². The van der Waals surface area contributed by atoms with Crippen molar-refractivity contribution in [1.82, 2.24) is 10.4 Å². The number of fused-ring (bicyclic) bond motifs is 2. The topological polar surface area (TPSA) is 67.9 Å². The van der Waals surface area contributed by atoms with Crippen molar-refractivity contribution < 1.29 is 19.1 Å². The minimum atomic E-state index is -0.652. The van der Waals surface area contributed by atoms with Crippen molar-refractivity contribution in [2.45, 2.75) is 47.5 Å². The molecule has 2 atom stereocenters. The van der Waals surface area contributed by atoms with Crippen LogP contribution in [0.25, 0.3) is 0 Å². The molecule has 22 heavy (non-hydrogen) atoms. The number of hydrazine groups is 1. The number of ether oxygens (including phenoxy) is 2. The molecule has 2 rings (SSSR count). The number of carbonyl (C=O) groups excluding carboxylic acids is 2. The van der Waals surface area contributed by atoms with Crippen molar-refractivity contribution in [1.29, 1.82) is 0 Å². The van der Waals surface area contributed by atoms with Crippen LogP contribution >= 0.6 is 0 Å². The Kier molecular flexibility index (Phi) is 4.40. The molecule has 1 N–H and O–H groups in total. The molecule has 0 saturated heterocycles. The molecule has 1 saturated carbocycles. The molecule has 6 nitrogen and oxygen atoms in total. The Hall–Kier alpha value is -1.72. The number of rotatable bonds is 3. The average molecular weight is 310 g/mol. The fourth-order valence-electron chi connectivity index (χ4n) is 3.63. The first kappa shape index (κ1) is 16.6. The van der Waals surface area contributed by atoms with Gasteiger partial charge in [-0.3, -0.25) is 0 Å². The predicted octanol–water partition coefficient (Wildman–Crippen LogP) is 3.45. The summed E-state index contributed by atoms with van der Waals surface area (Å²) in [7, 11) is 0. The average Bonchev–Trinajstić information content (AvgIpc) is 2.78. The van der Waals surface area contributed by atoms with Crippen molar-refractivity contribution in [3.05, 3.63) is 11.8 Å². The standard InChI is InChI=1S/C16H26N2O4/c1-6-21-13(19)17-18(14(20)22-7-2)12-10-11-8-9-16(12,5)15(11,3)4/h10-11H,6-9H2,1-5H3,(H,17,19). The third kappa shape index (κ3) is 2.44. The van der Waals surface area contributed by atoms with E-state index in [0.29, 0.717) is 5.92 Å². The summed E-state index contributed by atoms with van der Waals surface area (Å²) < 4.78 is 9.99. The number of allylic oxidation sites excluding steroid dienone is 2. The van der Waals surface area contributed by atoms with Crippen LogP contribution in [0.3, 0.4) is 0 Å². The maximum Gasteiger partial charge on any atom is 0.433 e. The molecule has 0 aromatic rings. The molecule has 2 aliphatic carbocycles. The minimum Gasteiger partial charge on any atom is -0.449 e. The van der Waals surface area contributed by atoms with E-state index in [4.69, 9.17) is 9.47 Å². The monoisotopic (exact) mass is 310 g/mol. The van der Waals surface area contributed by atoms with Gasteiger partial charge in [-0.05, 0) is 38.0 Å². The van der Waals surface area contributed by atoms with E-state index in [1.807, 2.05) is 0 Å². The van der Waals surface area contributed by atoms with E-state index in [9.17, 15) is 9.59 Å². The van der Waals surface area contributed by atoms with Gasteiger partial charge in [0.2, 0.25) is 0 Å². The number of hydrogen-bond acceptors (Lipinski definition) is 4. The summed E-state index contributed by atoms with van der Waals surface area (Å²) in [6.07, 6.45) is 2.94. The lowest BCUT2D eigenvalue weighted by Gasteiger charge is -2.40. The van der Waals surface area contributed by atoms with Crippen molar-refractivity contribution in [2.24, 2.45) is 16.7 Å². The highest BCUT2D eigenvalue weighted by Gasteiger charge is 2.59. The van der Waals surface area contributed by atoms with Crippen molar-refractivity contribution in [3.8, 4) is 0 Å². The van der Waals surface area contributed by atoms with E-state index in [-0.39, 0.29) is 24.0 Å². The van der Waals surface area contributed by atoms with E-state index in [0.717, 1.165) is 18.5 Å². The number of nitrogens with zero attached hydrogens (tertiary/aromatic N) is 1. The quantitative estimate of drug-likeness (QED) is 0.811. The maximum absolute atomic E-state index is 12.3. The SMILES string of the molecule is CCOC(=O)NN(C(=O)OCC)C1=CC2CCC1(C)C2(C)C. The first-order chi connectivity index (χ1) is 10.3. The van der Waals surface area contributed by atoms with Gasteiger partial charge in [-0.2, -0.15) is 5.01 Å². The largest absolute Gasteiger partial charge is 0.449 e. The Morgan fingerprint density at radius 2 is 1.91 bits per heavy atom. The smallest absolute Gasteiger partial charge is 0.433 e. The van der Waals surface area contributed by atoms with Gasteiger partial charge in [0.15, 0.2) is 0 Å². The van der Waals surface area contributed by atoms with Gasteiger partial charge in [-0.25, -0.2) is 15.0 Å². The van der Waals surface area contributed by atoms with Gasteiger partial charge in [-0.1, -0.05) is 26.8 Å². The van der Waals surface area contributed by atoms with Crippen LogP contribution in [0.4, 0.5) is 9.59 Å². The second kappa shape index (κ2) is 5.82. The van der Waals surface area contributed by atoms with E-state index < -0.39 is 12.2 Å². The van der Waals surface area contributed by atoms with Gasteiger partial charge in [-0.15, -0.1) is 0 Å². The third-order valence-electron chi connectivity index (χ3n) is 5.40. The van der Waals surface area contributed by atoms with E-state index in [2.05, 4.69) is 32.3 Å². The second-order valence-corrected chi connectivity index (χ2v) is 6.62. The third-order valence-corrected chi connectivity index (χ3v) is 5.40. The Labute approximate surface area is 131 Å². The zero-order valence-electron chi connectivity index (χ0n) is 14.1. The van der Waals surface area contributed by atoms with Crippen LogP contribution in [0, 0.1) is 16.7 Å². The summed E-state index contributed by atoms with van der Waals surface area (Å²) in [5, 5.41) is 1.22. The number of amides is 2. The van der Waals surface area contributed by atoms with Gasteiger partial charge in [0.05, 0.1) is 13.2 Å². The Balaban J connectivity index is 2.28. The number of nitrogens with one attached hydrogen (secondary N) is 1. The summed E-state index contributed by atoms with van der Waals surface area (Å²) in [6.45, 7) is 10.5. The molecule has 2 unspecified atom stereocenters.